The van der Waals surface area contributed by atoms with Crippen LogP contribution < -0.4 is 0 Å². The Morgan fingerprint density at radius 3 is 2.95 bits per heavy atom. The molecule has 0 aromatic carbocycles. The van der Waals surface area contributed by atoms with E-state index in [2.05, 4.69) is 11.9 Å². The van der Waals surface area contributed by atoms with Gasteiger partial charge in [-0.25, -0.2) is 9.78 Å². The average molecular weight is 278 g/mol. The Balaban J connectivity index is 2.30. The Morgan fingerprint density at radius 2 is 2.32 bits per heavy atom. The van der Waals surface area contributed by atoms with Crippen molar-refractivity contribution in [1.82, 2.24) is 9.55 Å². The van der Waals surface area contributed by atoms with Gasteiger partial charge in [0.15, 0.2) is 0 Å². The maximum Gasteiger partial charge on any atom is 0.374 e. The van der Waals surface area contributed by atoms with Crippen LogP contribution in [-0.2, 0) is 11.3 Å². The lowest BCUT2D eigenvalue weighted by atomic mass is 10.3. The van der Waals surface area contributed by atoms with E-state index < -0.39 is 0 Å². The van der Waals surface area contributed by atoms with E-state index in [1.54, 1.807) is 18.3 Å². The Hall–Kier alpha value is -1.62. The minimum Gasteiger partial charge on any atom is -0.460 e. The van der Waals surface area contributed by atoms with Crippen molar-refractivity contribution in [1.29, 1.82) is 0 Å². The number of ether oxygens (including phenoxy) is 1. The van der Waals surface area contributed by atoms with Crippen LogP contribution in [-0.4, -0.2) is 22.1 Å². The fourth-order valence-corrected chi connectivity index (χ4v) is 2.50. The Labute approximate surface area is 117 Å². The van der Waals surface area contributed by atoms with Gasteiger partial charge in [-0.1, -0.05) is 19.4 Å². The Kier molecular flexibility index (Phi) is 4.74. The monoisotopic (exact) mass is 278 g/mol. The highest BCUT2D eigenvalue weighted by Gasteiger charge is 2.17. The molecule has 2 aromatic rings. The quantitative estimate of drug-likeness (QED) is 0.758. The lowest BCUT2D eigenvalue weighted by molar-refractivity contribution is 0.0506. The molecular weight excluding hydrogens is 260 g/mol. The summed E-state index contributed by atoms with van der Waals surface area (Å²) < 4.78 is 6.96. The fraction of sp³-hybridized carbons (Fsp3) is 0.429. The summed E-state index contributed by atoms with van der Waals surface area (Å²) in [7, 11) is 0. The number of hydrogen-bond donors (Lipinski definition) is 0. The predicted molar refractivity (Wildman–Crippen MR) is 76.4 cm³/mol. The molecule has 5 heteroatoms. The van der Waals surface area contributed by atoms with Gasteiger partial charge in [-0.3, -0.25) is 0 Å². The number of carbonyl (C=O) groups excluding carboxylic acids is 1. The lowest BCUT2D eigenvalue weighted by Crippen LogP contribution is -2.13. The number of aromatic nitrogens is 2. The van der Waals surface area contributed by atoms with Crippen molar-refractivity contribution in [2.75, 3.05) is 6.61 Å². The second-order valence-electron chi connectivity index (χ2n) is 4.19. The first-order valence-corrected chi connectivity index (χ1v) is 7.42. The zero-order valence-corrected chi connectivity index (χ0v) is 12.1. The van der Waals surface area contributed by atoms with Crippen molar-refractivity contribution in [2.24, 2.45) is 0 Å². The van der Waals surface area contributed by atoms with Crippen LogP contribution in [0.3, 0.4) is 0 Å². The van der Waals surface area contributed by atoms with Gasteiger partial charge in [-0.2, -0.15) is 0 Å². The zero-order chi connectivity index (χ0) is 13.7. The van der Waals surface area contributed by atoms with Crippen LogP contribution in [0.15, 0.2) is 23.7 Å². The smallest absolute Gasteiger partial charge is 0.374 e. The highest BCUT2D eigenvalue weighted by molar-refractivity contribution is 7.13. The molecule has 0 N–H and O–H groups in total. The topological polar surface area (TPSA) is 44.1 Å². The van der Waals surface area contributed by atoms with E-state index in [0.29, 0.717) is 12.4 Å². The van der Waals surface area contributed by atoms with E-state index in [1.165, 1.54) is 0 Å². The summed E-state index contributed by atoms with van der Waals surface area (Å²) in [5.41, 5.74) is 0.842. The highest BCUT2D eigenvalue weighted by atomic mass is 32.1. The molecule has 102 valence electrons. The summed E-state index contributed by atoms with van der Waals surface area (Å²) in [5, 5.41) is 2.00. The molecular formula is C14H18N2O2S. The average Bonchev–Trinajstić information content (AvgIpc) is 3.05. The van der Waals surface area contributed by atoms with E-state index in [1.807, 2.05) is 28.3 Å². The Bertz CT molecular complexity index is 532. The molecule has 2 heterocycles. The van der Waals surface area contributed by atoms with Gasteiger partial charge in [0.05, 0.1) is 17.2 Å². The molecule has 0 saturated heterocycles. The third-order valence-electron chi connectivity index (χ3n) is 2.76. The van der Waals surface area contributed by atoms with E-state index in [4.69, 9.17) is 4.74 Å². The molecule has 0 fully saturated rings. The molecule has 0 aliphatic rings. The van der Waals surface area contributed by atoms with E-state index in [9.17, 15) is 4.79 Å². The van der Waals surface area contributed by atoms with Crippen molar-refractivity contribution >= 4 is 17.3 Å². The van der Waals surface area contributed by atoms with Crippen molar-refractivity contribution in [2.45, 2.75) is 33.2 Å². The first-order valence-electron chi connectivity index (χ1n) is 6.54. The molecule has 0 atom stereocenters. The molecule has 4 nitrogen and oxygen atoms in total. The fourth-order valence-electron chi connectivity index (χ4n) is 1.82. The number of rotatable bonds is 6. The molecule has 0 unspecified atom stereocenters. The largest absolute Gasteiger partial charge is 0.460 e. The first kappa shape index (κ1) is 13.8. The van der Waals surface area contributed by atoms with Gasteiger partial charge in [-0.05, 0) is 24.8 Å². The normalized spacial score (nSPS) is 10.6. The highest BCUT2D eigenvalue weighted by Crippen LogP contribution is 2.24. The van der Waals surface area contributed by atoms with Crippen molar-refractivity contribution < 1.29 is 9.53 Å². The van der Waals surface area contributed by atoms with Gasteiger partial charge in [-0.15, -0.1) is 11.3 Å². The molecule has 2 rings (SSSR count). The minimum atomic E-state index is -0.346. The van der Waals surface area contributed by atoms with Crippen LogP contribution in [0.25, 0.3) is 10.6 Å². The van der Waals surface area contributed by atoms with Gasteiger partial charge in [0, 0.05) is 12.7 Å². The molecule has 19 heavy (non-hydrogen) atoms. The molecule has 0 aliphatic heterocycles. The predicted octanol–water partition coefficient (Wildman–Crippen LogP) is 3.59. The second-order valence-corrected chi connectivity index (χ2v) is 5.14. The number of aryl methyl sites for hydroxylation is 1. The molecule has 0 radical (unpaired) electrons. The SMILES string of the molecule is CCCCn1cc(-c2cccs2)nc1C(=O)OCC. The lowest BCUT2D eigenvalue weighted by Gasteiger charge is -2.05. The molecule has 0 spiro atoms. The number of unbranched alkanes of at least 4 members (excludes halogenated alkanes) is 1. The van der Waals surface area contributed by atoms with Crippen LogP contribution in [0, 0.1) is 0 Å². The number of nitrogens with zero attached hydrogens (tertiary/aromatic N) is 2. The van der Waals surface area contributed by atoms with Crippen LogP contribution in [0.5, 0.6) is 0 Å². The van der Waals surface area contributed by atoms with E-state index in [0.717, 1.165) is 30.0 Å². The summed E-state index contributed by atoms with van der Waals surface area (Å²) in [6.45, 7) is 5.09. The van der Waals surface area contributed by atoms with Gasteiger partial charge in [0.2, 0.25) is 5.82 Å². The van der Waals surface area contributed by atoms with E-state index >= 15 is 0 Å². The first-order chi connectivity index (χ1) is 9.26. The third kappa shape index (κ3) is 3.23. The standard InChI is InChI=1S/C14H18N2O2S/c1-3-5-8-16-10-11(12-7-6-9-19-12)15-13(16)14(17)18-4-2/h6-7,9-10H,3-5,8H2,1-2H3. The van der Waals surface area contributed by atoms with Gasteiger partial charge in [0.1, 0.15) is 0 Å². The number of thiophene rings is 1. The maximum atomic E-state index is 11.9. The van der Waals surface area contributed by atoms with Gasteiger partial charge >= 0.3 is 5.97 Å². The van der Waals surface area contributed by atoms with E-state index in [-0.39, 0.29) is 5.97 Å². The number of esters is 1. The van der Waals surface area contributed by atoms with Crippen LogP contribution in [0.4, 0.5) is 0 Å². The van der Waals surface area contributed by atoms with Crippen molar-refractivity contribution in [3.8, 4) is 10.6 Å². The van der Waals surface area contributed by atoms with Crippen LogP contribution in [0.2, 0.25) is 0 Å². The summed E-state index contributed by atoms with van der Waals surface area (Å²) in [5.74, 6) is 0.0557. The number of imidazole rings is 1. The summed E-state index contributed by atoms with van der Waals surface area (Å²) in [6.07, 6.45) is 4.04. The summed E-state index contributed by atoms with van der Waals surface area (Å²) >= 11 is 1.62. The molecule has 0 aliphatic carbocycles. The van der Waals surface area contributed by atoms with Crippen LogP contribution in [0.1, 0.15) is 37.3 Å². The molecule has 0 saturated carbocycles. The zero-order valence-electron chi connectivity index (χ0n) is 11.3. The van der Waals surface area contributed by atoms with Crippen LogP contribution >= 0.6 is 11.3 Å². The number of carbonyl (C=O) groups is 1. The molecule has 2 aromatic heterocycles. The summed E-state index contributed by atoms with van der Waals surface area (Å²) in [4.78, 5) is 17.4. The summed E-state index contributed by atoms with van der Waals surface area (Å²) in [6, 6.07) is 3.99. The van der Waals surface area contributed by atoms with Crippen molar-refractivity contribution in [3.63, 3.8) is 0 Å². The second kappa shape index (κ2) is 6.52. The molecule has 0 amide bonds. The van der Waals surface area contributed by atoms with Gasteiger partial charge < -0.3 is 9.30 Å². The molecule has 0 bridgehead atoms. The number of hydrogen-bond acceptors (Lipinski definition) is 4. The van der Waals surface area contributed by atoms with Crippen molar-refractivity contribution in [3.05, 3.63) is 29.5 Å². The third-order valence-corrected chi connectivity index (χ3v) is 3.65. The van der Waals surface area contributed by atoms with Gasteiger partial charge in [0.25, 0.3) is 0 Å². The Morgan fingerprint density at radius 1 is 1.47 bits per heavy atom. The maximum absolute atomic E-state index is 11.9. The minimum absolute atomic E-state index is 0.346.